The number of hydrogen-bond donors (Lipinski definition) is 2. The smallest absolute Gasteiger partial charge is 0.234 e. The summed E-state index contributed by atoms with van der Waals surface area (Å²) < 4.78 is 15.4. The molecule has 2 N–H and O–H groups in total. The molecule has 2 aromatic heterocycles. The van der Waals surface area contributed by atoms with Gasteiger partial charge in [0.2, 0.25) is 5.91 Å². The van der Waals surface area contributed by atoms with Crippen molar-refractivity contribution in [3.05, 3.63) is 88.8 Å². The monoisotopic (exact) mass is 511 g/mol. The average molecular weight is 512 g/mol. The van der Waals surface area contributed by atoms with E-state index in [0.717, 1.165) is 16.5 Å². The lowest BCUT2D eigenvalue weighted by Crippen LogP contribution is -2.14. The maximum atomic E-state index is 13.6. The van der Waals surface area contributed by atoms with Gasteiger partial charge in [0.05, 0.1) is 15.8 Å². The summed E-state index contributed by atoms with van der Waals surface area (Å²) >= 11 is 13.2. The molecular weight excluding hydrogens is 496 g/mol. The lowest BCUT2D eigenvalue weighted by Gasteiger charge is -2.10. The van der Waals surface area contributed by atoms with E-state index in [0.29, 0.717) is 32.4 Å². The summed E-state index contributed by atoms with van der Waals surface area (Å²) in [5.41, 5.74) is 3.03. The van der Waals surface area contributed by atoms with Crippen molar-refractivity contribution in [1.82, 2.24) is 19.7 Å². The second-order valence-corrected chi connectivity index (χ2v) is 9.09. The zero-order valence-electron chi connectivity index (χ0n) is 17.4. The number of fused-ring (bicyclic) bond motifs is 1. The standard InChI is InChI=1S/C24H16Cl2FN5OS/c25-19-10-7-15(11-20(19)26)29-22(33)13-34-24-31-30-23(32(24)16-8-5-14(27)6-9-16)18-12-28-21-4-2-1-3-17(18)21/h1-12,28H,13H2,(H,29,33). The van der Waals surface area contributed by atoms with Gasteiger partial charge in [0, 0.05) is 34.0 Å². The number of carbonyl (C=O) groups is 1. The summed E-state index contributed by atoms with van der Waals surface area (Å²) in [6, 6.07) is 18.8. The van der Waals surface area contributed by atoms with Gasteiger partial charge in [0.25, 0.3) is 0 Å². The van der Waals surface area contributed by atoms with Crippen LogP contribution in [-0.2, 0) is 4.79 Å². The summed E-state index contributed by atoms with van der Waals surface area (Å²) in [5.74, 6) is 0.0656. The van der Waals surface area contributed by atoms with E-state index in [1.54, 1.807) is 30.3 Å². The van der Waals surface area contributed by atoms with Gasteiger partial charge in [-0.25, -0.2) is 4.39 Å². The molecule has 10 heteroatoms. The highest BCUT2D eigenvalue weighted by atomic mass is 35.5. The lowest BCUT2D eigenvalue weighted by atomic mass is 10.1. The van der Waals surface area contributed by atoms with Crippen molar-refractivity contribution in [2.75, 3.05) is 11.1 Å². The van der Waals surface area contributed by atoms with Gasteiger partial charge in [-0.15, -0.1) is 10.2 Å². The fraction of sp³-hybridized carbons (Fsp3) is 0.0417. The largest absolute Gasteiger partial charge is 0.360 e. The third-order valence-electron chi connectivity index (χ3n) is 5.08. The van der Waals surface area contributed by atoms with Crippen LogP contribution in [-0.4, -0.2) is 31.4 Å². The first-order valence-corrected chi connectivity index (χ1v) is 11.9. The van der Waals surface area contributed by atoms with E-state index in [9.17, 15) is 9.18 Å². The van der Waals surface area contributed by atoms with E-state index in [4.69, 9.17) is 23.2 Å². The minimum absolute atomic E-state index is 0.0768. The molecule has 0 aliphatic heterocycles. The highest BCUT2D eigenvalue weighted by molar-refractivity contribution is 7.99. The van der Waals surface area contributed by atoms with Crippen LogP contribution in [0.3, 0.4) is 0 Å². The van der Waals surface area contributed by atoms with Crippen LogP contribution in [0.15, 0.2) is 78.1 Å². The van der Waals surface area contributed by atoms with Gasteiger partial charge in [-0.3, -0.25) is 9.36 Å². The van der Waals surface area contributed by atoms with Gasteiger partial charge in [0.15, 0.2) is 11.0 Å². The number of aromatic amines is 1. The summed E-state index contributed by atoms with van der Waals surface area (Å²) in [4.78, 5) is 15.8. The van der Waals surface area contributed by atoms with Gasteiger partial charge in [-0.05, 0) is 48.5 Å². The van der Waals surface area contributed by atoms with Gasteiger partial charge in [0.1, 0.15) is 5.82 Å². The number of aromatic nitrogens is 4. The van der Waals surface area contributed by atoms with E-state index in [1.807, 2.05) is 35.0 Å². The molecule has 0 radical (unpaired) electrons. The number of carbonyl (C=O) groups excluding carboxylic acids is 1. The number of rotatable bonds is 6. The summed E-state index contributed by atoms with van der Waals surface area (Å²) in [7, 11) is 0. The topological polar surface area (TPSA) is 75.6 Å². The van der Waals surface area contributed by atoms with Crippen LogP contribution in [0.5, 0.6) is 0 Å². The van der Waals surface area contributed by atoms with Crippen LogP contribution in [0.1, 0.15) is 0 Å². The molecule has 5 aromatic rings. The molecule has 0 saturated heterocycles. The minimum Gasteiger partial charge on any atom is -0.360 e. The van der Waals surface area contributed by atoms with Crippen molar-refractivity contribution < 1.29 is 9.18 Å². The zero-order chi connectivity index (χ0) is 23.7. The number of thioether (sulfide) groups is 1. The first-order chi connectivity index (χ1) is 16.5. The molecular formula is C24H16Cl2FN5OS. The van der Waals surface area contributed by atoms with Gasteiger partial charge in [-0.2, -0.15) is 0 Å². The summed E-state index contributed by atoms with van der Waals surface area (Å²) in [6.45, 7) is 0. The molecule has 2 heterocycles. The van der Waals surface area contributed by atoms with E-state index in [-0.39, 0.29) is 17.5 Å². The molecule has 0 aliphatic rings. The van der Waals surface area contributed by atoms with Crippen LogP contribution in [0.4, 0.5) is 10.1 Å². The molecule has 3 aromatic carbocycles. The van der Waals surface area contributed by atoms with Crippen molar-refractivity contribution in [1.29, 1.82) is 0 Å². The molecule has 34 heavy (non-hydrogen) atoms. The number of halogens is 3. The van der Waals surface area contributed by atoms with Crippen molar-refractivity contribution >= 4 is 57.5 Å². The van der Waals surface area contributed by atoms with Crippen LogP contribution in [0, 0.1) is 5.82 Å². The molecule has 0 aliphatic carbocycles. The zero-order valence-corrected chi connectivity index (χ0v) is 19.8. The van der Waals surface area contributed by atoms with Crippen molar-refractivity contribution in [3.8, 4) is 17.1 Å². The van der Waals surface area contributed by atoms with E-state index in [2.05, 4.69) is 20.5 Å². The average Bonchev–Trinajstić information content (AvgIpc) is 3.44. The first kappa shape index (κ1) is 22.5. The van der Waals surface area contributed by atoms with Crippen LogP contribution >= 0.6 is 35.0 Å². The highest BCUT2D eigenvalue weighted by Gasteiger charge is 2.20. The Balaban J connectivity index is 1.45. The Bertz CT molecular complexity index is 1500. The normalized spacial score (nSPS) is 11.1. The van der Waals surface area contributed by atoms with E-state index >= 15 is 0 Å². The Morgan fingerprint density at radius 2 is 1.82 bits per heavy atom. The van der Waals surface area contributed by atoms with Gasteiger partial charge < -0.3 is 10.3 Å². The highest BCUT2D eigenvalue weighted by Crippen LogP contribution is 2.32. The molecule has 5 rings (SSSR count). The third-order valence-corrected chi connectivity index (χ3v) is 6.75. The Morgan fingerprint density at radius 3 is 2.62 bits per heavy atom. The Hall–Kier alpha value is -3.33. The molecule has 0 spiro atoms. The number of hydrogen-bond acceptors (Lipinski definition) is 4. The number of benzene rings is 3. The molecule has 0 fully saturated rings. The Morgan fingerprint density at radius 1 is 1.03 bits per heavy atom. The third kappa shape index (κ3) is 4.52. The SMILES string of the molecule is O=C(CSc1nnc(-c2c[nH]c3ccccc23)n1-c1ccc(F)cc1)Nc1ccc(Cl)c(Cl)c1. The number of H-pyrrole nitrogens is 1. The lowest BCUT2D eigenvalue weighted by molar-refractivity contribution is -0.113. The number of nitrogens with zero attached hydrogens (tertiary/aromatic N) is 3. The molecule has 0 bridgehead atoms. The molecule has 0 saturated carbocycles. The minimum atomic E-state index is -0.347. The van der Waals surface area contributed by atoms with Crippen LogP contribution in [0.2, 0.25) is 10.0 Å². The number of amides is 1. The van der Waals surface area contributed by atoms with Crippen LogP contribution < -0.4 is 5.32 Å². The Labute approximate surface area is 208 Å². The van der Waals surface area contributed by atoms with Gasteiger partial charge in [-0.1, -0.05) is 53.2 Å². The predicted molar refractivity (Wildman–Crippen MR) is 134 cm³/mol. The van der Waals surface area contributed by atoms with Crippen molar-refractivity contribution in [2.24, 2.45) is 0 Å². The second-order valence-electron chi connectivity index (χ2n) is 7.33. The fourth-order valence-electron chi connectivity index (χ4n) is 3.52. The number of para-hydroxylation sites is 1. The predicted octanol–water partition coefficient (Wildman–Crippen LogP) is 6.59. The van der Waals surface area contributed by atoms with E-state index in [1.165, 1.54) is 23.9 Å². The maximum Gasteiger partial charge on any atom is 0.234 e. The molecule has 1 amide bonds. The molecule has 170 valence electrons. The summed E-state index contributed by atoms with van der Waals surface area (Å²) in [6.07, 6.45) is 1.86. The Kier molecular flexibility index (Phi) is 6.28. The summed E-state index contributed by atoms with van der Waals surface area (Å²) in [5, 5.41) is 13.8. The molecule has 0 atom stereocenters. The molecule has 6 nitrogen and oxygen atoms in total. The van der Waals surface area contributed by atoms with Gasteiger partial charge >= 0.3 is 0 Å². The van der Waals surface area contributed by atoms with Crippen LogP contribution in [0.25, 0.3) is 28.0 Å². The quantitative estimate of drug-likeness (QED) is 0.252. The second kappa shape index (κ2) is 9.50. The van der Waals surface area contributed by atoms with E-state index < -0.39 is 0 Å². The molecule has 0 unspecified atom stereocenters. The van der Waals surface area contributed by atoms with Crippen molar-refractivity contribution in [2.45, 2.75) is 5.16 Å². The maximum absolute atomic E-state index is 13.6. The number of anilines is 1. The number of nitrogens with one attached hydrogen (secondary N) is 2. The fourth-order valence-corrected chi connectivity index (χ4v) is 4.57. The van der Waals surface area contributed by atoms with Crippen molar-refractivity contribution in [3.63, 3.8) is 0 Å². The first-order valence-electron chi connectivity index (χ1n) is 10.1.